The number of benzene rings is 4. The molecule has 5 rings (SSSR count). The number of hydrogen-bond acceptors (Lipinski definition) is 6. The zero-order valence-corrected chi connectivity index (χ0v) is 25.9. The Balaban J connectivity index is 0.000000748. The normalized spacial score (nSPS) is 14.4. The number of allylic oxidation sites excluding steroid dienone is 1. The molecule has 0 unspecified atom stereocenters. The molecule has 0 spiro atoms. The quantitative estimate of drug-likeness (QED) is 0.242. The van der Waals surface area contributed by atoms with Crippen molar-refractivity contribution in [2.75, 3.05) is 26.0 Å². The summed E-state index contributed by atoms with van der Waals surface area (Å²) in [6.07, 6.45) is 4.40. The summed E-state index contributed by atoms with van der Waals surface area (Å²) in [4.78, 5) is 2.11. The van der Waals surface area contributed by atoms with E-state index in [1.165, 1.54) is 17.0 Å². The van der Waals surface area contributed by atoms with Crippen molar-refractivity contribution in [3.8, 4) is 0 Å². The molecule has 0 fully saturated rings. The summed E-state index contributed by atoms with van der Waals surface area (Å²) in [6.45, 7) is 4.51. The van der Waals surface area contributed by atoms with Crippen LogP contribution in [0.25, 0.3) is 6.08 Å². The van der Waals surface area contributed by atoms with Gasteiger partial charge in [-0.25, -0.2) is 18.6 Å². The van der Waals surface area contributed by atoms with E-state index in [2.05, 4.69) is 99.1 Å². The second-order valence-electron chi connectivity index (χ2n) is 10.7. The highest BCUT2D eigenvalue weighted by Crippen LogP contribution is 2.46. The average Bonchev–Trinajstić information content (AvgIpc) is 3.15. The number of halogens is 1. The molecular formula is C33H34ClN2O5P. The summed E-state index contributed by atoms with van der Waals surface area (Å²) in [5.74, 6) is 0. The van der Waals surface area contributed by atoms with Crippen molar-refractivity contribution in [1.82, 2.24) is 0 Å². The summed E-state index contributed by atoms with van der Waals surface area (Å²) in [6, 6.07) is 34.7. The van der Waals surface area contributed by atoms with Crippen molar-refractivity contribution in [1.29, 1.82) is 0 Å². The highest BCUT2D eigenvalue weighted by atomic mass is 35.7. The predicted octanol–water partition coefficient (Wildman–Crippen LogP) is 1.36. The molecule has 1 aliphatic heterocycles. The molecule has 0 aliphatic carbocycles. The van der Waals surface area contributed by atoms with Crippen molar-refractivity contribution < 1.29 is 38.0 Å². The van der Waals surface area contributed by atoms with Gasteiger partial charge in [-0.1, -0.05) is 72.8 Å². The number of fused-ring (bicyclic) bond motifs is 1. The predicted molar refractivity (Wildman–Crippen MR) is 160 cm³/mol. The molecule has 0 saturated heterocycles. The first-order chi connectivity index (χ1) is 19.7. The first kappa shape index (κ1) is 31.4. The lowest BCUT2D eigenvalue weighted by Crippen LogP contribution is -2.68. The Morgan fingerprint density at radius 2 is 1.24 bits per heavy atom. The van der Waals surface area contributed by atoms with Crippen LogP contribution >= 0.6 is 7.14 Å². The van der Waals surface area contributed by atoms with Crippen LogP contribution in [0.15, 0.2) is 109 Å². The average molecular weight is 605 g/mol. The van der Waals surface area contributed by atoms with Crippen molar-refractivity contribution in [3.63, 3.8) is 0 Å². The molecule has 4 aromatic rings. The van der Waals surface area contributed by atoms with Crippen LogP contribution in [0.5, 0.6) is 0 Å². The molecule has 0 radical (unpaired) electrons. The van der Waals surface area contributed by atoms with E-state index >= 15 is 0 Å². The smallest absolute Gasteiger partial charge is 0.209 e. The number of anilines is 1. The molecule has 1 aliphatic rings. The number of nitrogens with zero attached hydrogens (tertiary/aromatic N) is 2. The van der Waals surface area contributed by atoms with Gasteiger partial charge in [-0.05, 0) is 49.8 Å². The van der Waals surface area contributed by atoms with Crippen LogP contribution in [0.4, 0.5) is 11.4 Å². The third-order valence-electron chi connectivity index (χ3n) is 7.46. The van der Waals surface area contributed by atoms with Crippen LogP contribution in [0, 0.1) is 10.2 Å². The van der Waals surface area contributed by atoms with Crippen LogP contribution in [0.3, 0.4) is 0 Å². The van der Waals surface area contributed by atoms with Gasteiger partial charge >= 0.3 is 0 Å². The van der Waals surface area contributed by atoms with Gasteiger partial charge in [0, 0.05) is 53.4 Å². The molecule has 7 nitrogen and oxygen atoms in total. The van der Waals surface area contributed by atoms with E-state index < -0.39 is 17.4 Å². The van der Waals surface area contributed by atoms with Crippen molar-refractivity contribution in [2.24, 2.45) is 0 Å². The van der Waals surface area contributed by atoms with Crippen LogP contribution in [-0.4, -0.2) is 31.4 Å². The highest BCUT2D eigenvalue weighted by molar-refractivity contribution is 7.85. The maximum atomic E-state index is 14.9. The first-order valence-electron chi connectivity index (χ1n) is 13.3. The third kappa shape index (κ3) is 6.74. The number of rotatable bonds is 6. The second-order valence-corrected chi connectivity index (χ2v) is 14.3. The van der Waals surface area contributed by atoms with Gasteiger partial charge in [0.25, 0.3) is 0 Å². The van der Waals surface area contributed by atoms with E-state index in [-0.39, 0.29) is 5.41 Å². The van der Waals surface area contributed by atoms with Crippen LogP contribution < -0.4 is 39.4 Å². The molecule has 0 N–H and O–H groups in total. The van der Waals surface area contributed by atoms with Gasteiger partial charge in [0.1, 0.15) is 7.05 Å². The summed E-state index contributed by atoms with van der Waals surface area (Å²) in [5.41, 5.74) is 5.68. The fourth-order valence-electron chi connectivity index (χ4n) is 5.30. The van der Waals surface area contributed by atoms with Gasteiger partial charge in [-0.15, -0.1) is 10.2 Å². The fourth-order valence-corrected chi connectivity index (χ4v) is 7.98. The van der Waals surface area contributed by atoms with E-state index in [0.717, 1.165) is 27.2 Å². The van der Waals surface area contributed by atoms with E-state index in [1.54, 1.807) is 0 Å². The van der Waals surface area contributed by atoms with Gasteiger partial charge in [0.05, 0.1) is 5.41 Å². The molecular weight excluding hydrogens is 571 g/mol. The van der Waals surface area contributed by atoms with Crippen LogP contribution in [0.1, 0.15) is 25.0 Å². The lowest BCUT2D eigenvalue weighted by atomic mass is 9.81. The Morgan fingerprint density at radius 3 is 1.71 bits per heavy atom. The van der Waals surface area contributed by atoms with Crippen molar-refractivity contribution in [2.45, 2.75) is 19.3 Å². The van der Waals surface area contributed by atoms with Crippen LogP contribution in [-0.2, 0) is 9.98 Å². The summed E-state index contributed by atoms with van der Waals surface area (Å²) in [7, 11) is -1.75. The maximum Gasteiger partial charge on any atom is 0.209 e. The van der Waals surface area contributed by atoms with E-state index in [0.29, 0.717) is 0 Å². The minimum Gasteiger partial charge on any atom is -0.378 e. The Kier molecular flexibility index (Phi) is 9.24. The minimum atomic E-state index is -4.94. The molecule has 9 heteroatoms. The second kappa shape index (κ2) is 12.4. The van der Waals surface area contributed by atoms with Gasteiger partial charge < -0.3 is 9.46 Å². The highest BCUT2D eigenvalue weighted by Gasteiger charge is 2.44. The Morgan fingerprint density at radius 1 is 0.738 bits per heavy atom. The summed E-state index contributed by atoms with van der Waals surface area (Å²) >= 11 is 0. The molecule has 1 heterocycles. The zero-order chi connectivity index (χ0) is 30.7. The first-order valence-corrected chi connectivity index (χ1v) is 16.2. The molecule has 0 bridgehead atoms. The van der Waals surface area contributed by atoms with Crippen molar-refractivity contribution >= 4 is 46.2 Å². The van der Waals surface area contributed by atoms with E-state index in [4.69, 9.17) is 18.6 Å². The third-order valence-corrected chi connectivity index (χ3v) is 10.5. The Hall–Kier alpha value is -3.55. The van der Waals surface area contributed by atoms with Gasteiger partial charge in [0.15, 0.2) is 12.9 Å². The minimum absolute atomic E-state index is 0.238. The Bertz CT molecular complexity index is 1600. The van der Waals surface area contributed by atoms with Gasteiger partial charge in [-0.2, -0.15) is 4.58 Å². The fraction of sp³-hybridized carbons (Fsp3) is 0.182. The largest absolute Gasteiger partial charge is 0.378 e. The molecule has 0 atom stereocenters. The number of hydrogen-bond donors (Lipinski definition) is 0. The van der Waals surface area contributed by atoms with Gasteiger partial charge in [-0.3, -0.25) is 0 Å². The lowest BCUT2D eigenvalue weighted by Gasteiger charge is -2.22. The molecule has 0 aromatic heterocycles. The Labute approximate surface area is 249 Å². The van der Waals surface area contributed by atoms with E-state index in [9.17, 15) is 4.57 Å². The SMILES string of the molecule is CN(C)c1ccc(C=CC2=[N+](C)c3ccc(P(=O)(c4ccccc4)c4ccccc4)cc3C2(C)C)cc1.[O-][Cl+3]([O-])([O-])[O-]. The molecule has 4 aromatic carbocycles. The standard InChI is InChI=1S/C33H34N2OP.ClHO4/c1-33(2)30-24-29(37(36,27-12-8-6-9-13-27)28-14-10-7-11-15-28)21-22-31(30)35(5)32(33)23-18-25-16-19-26(20-17-25)34(3)4;2-1(3,4)5/h6-24H,1-5H3;(H,2,3,4,5)/q+1;/p-1. The van der Waals surface area contributed by atoms with E-state index in [1.807, 2.05) is 60.7 Å². The van der Waals surface area contributed by atoms with Crippen LogP contribution in [0.2, 0.25) is 0 Å². The molecule has 0 saturated carbocycles. The topological polar surface area (TPSA) is 116 Å². The molecule has 42 heavy (non-hydrogen) atoms. The molecule has 218 valence electrons. The lowest BCUT2D eigenvalue weighted by molar-refractivity contribution is -2.00. The van der Waals surface area contributed by atoms with Crippen molar-refractivity contribution in [3.05, 3.63) is 120 Å². The monoisotopic (exact) mass is 604 g/mol. The zero-order valence-electron chi connectivity index (χ0n) is 24.2. The summed E-state index contributed by atoms with van der Waals surface area (Å²) in [5, 5.41) is 2.58. The summed E-state index contributed by atoms with van der Waals surface area (Å²) < 4.78 is 51.2. The molecule has 0 amide bonds. The van der Waals surface area contributed by atoms with Gasteiger partial charge in [0.2, 0.25) is 5.69 Å². The maximum absolute atomic E-state index is 14.9.